The van der Waals surface area contributed by atoms with Gasteiger partial charge in [0.25, 0.3) is 0 Å². The maximum atomic E-state index is 14.1. The molecule has 7 nitrogen and oxygen atoms in total. The Morgan fingerprint density at radius 2 is 1.97 bits per heavy atom. The summed E-state index contributed by atoms with van der Waals surface area (Å²) in [7, 11) is 0. The lowest BCUT2D eigenvalue weighted by atomic mass is 9.78. The van der Waals surface area contributed by atoms with Crippen molar-refractivity contribution in [2.24, 2.45) is 11.8 Å². The first kappa shape index (κ1) is 24.3. The third-order valence-corrected chi connectivity index (χ3v) is 9.29. The first-order valence-electron chi connectivity index (χ1n) is 12.3. The van der Waals surface area contributed by atoms with Crippen molar-refractivity contribution in [3.63, 3.8) is 0 Å². The lowest BCUT2D eigenvalue weighted by molar-refractivity contribution is -0.153. The van der Waals surface area contributed by atoms with Crippen molar-refractivity contribution in [2.75, 3.05) is 19.8 Å². The Kier molecular flexibility index (Phi) is 7.24. The molecule has 1 spiro atoms. The second kappa shape index (κ2) is 9.82. The van der Waals surface area contributed by atoms with E-state index < -0.39 is 28.7 Å². The van der Waals surface area contributed by atoms with E-state index in [0.29, 0.717) is 13.2 Å². The van der Waals surface area contributed by atoms with Gasteiger partial charge in [-0.15, -0.1) is 11.8 Å². The topological polar surface area (TPSA) is 87.2 Å². The Balaban J connectivity index is 1.81. The van der Waals surface area contributed by atoms with Gasteiger partial charge < -0.3 is 19.6 Å². The van der Waals surface area contributed by atoms with E-state index in [4.69, 9.17) is 4.74 Å². The lowest BCUT2D eigenvalue weighted by Gasteiger charge is -2.39. The number of ether oxygens (including phenoxy) is 1. The van der Waals surface area contributed by atoms with Crippen molar-refractivity contribution < 1.29 is 24.2 Å². The first-order chi connectivity index (χ1) is 15.9. The van der Waals surface area contributed by atoms with Crippen molar-refractivity contribution in [3.05, 3.63) is 24.3 Å². The molecule has 2 fully saturated rings. The van der Waals surface area contributed by atoms with E-state index in [2.05, 4.69) is 13.0 Å². The number of hydrogen-bond donors (Lipinski definition) is 1. The molecule has 4 aliphatic heterocycles. The number of amides is 2. The normalized spacial score (nSPS) is 37.0. The second-order valence-corrected chi connectivity index (χ2v) is 11.2. The van der Waals surface area contributed by atoms with Gasteiger partial charge in [0.15, 0.2) is 0 Å². The largest absolute Gasteiger partial charge is 0.465 e. The summed E-state index contributed by atoms with van der Waals surface area (Å²) in [4.78, 5) is 44.6. The van der Waals surface area contributed by atoms with Crippen LogP contribution in [0.1, 0.15) is 52.9 Å². The number of fused-ring (bicyclic) bond motifs is 2. The minimum Gasteiger partial charge on any atom is -0.465 e. The standard InChI is InChI=1S/C25H36N2O5S/c1-4-10-16(2)26-13-9-12-25-20(22(29)27(17(3)15-28)21(25)23(26)30)19-18(33-25)11-7-5-6-8-14-32-24(19)31/h7,9,11-12,16-21,28H,4-6,8,10,13-15H2,1-3H3/b11-7-/t16?,17-,18+,19-,20+,21?,25+/m1/s1. The van der Waals surface area contributed by atoms with E-state index in [1.54, 1.807) is 23.6 Å². The van der Waals surface area contributed by atoms with Gasteiger partial charge in [0.05, 0.1) is 35.8 Å². The van der Waals surface area contributed by atoms with Crippen molar-refractivity contribution in [2.45, 2.75) is 81.0 Å². The number of carbonyl (C=O) groups excluding carboxylic acids is 3. The molecule has 0 bridgehead atoms. The quantitative estimate of drug-likeness (QED) is 0.485. The summed E-state index contributed by atoms with van der Waals surface area (Å²) in [6.45, 7) is 6.50. The monoisotopic (exact) mass is 476 g/mol. The highest BCUT2D eigenvalue weighted by Crippen LogP contribution is 2.61. The molecule has 0 saturated carbocycles. The molecular weight excluding hydrogens is 440 g/mol. The minimum absolute atomic E-state index is 0.0414. The summed E-state index contributed by atoms with van der Waals surface area (Å²) >= 11 is 1.55. The van der Waals surface area contributed by atoms with Crippen LogP contribution < -0.4 is 0 Å². The predicted molar refractivity (Wildman–Crippen MR) is 127 cm³/mol. The van der Waals surface area contributed by atoms with Crippen molar-refractivity contribution >= 4 is 29.5 Å². The van der Waals surface area contributed by atoms with Gasteiger partial charge in [0, 0.05) is 17.8 Å². The van der Waals surface area contributed by atoms with Gasteiger partial charge in [-0.05, 0) is 39.5 Å². The highest BCUT2D eigenvalue weighted by molar-refractivity contribution is 8.02. The number of hydrogen-bond acceptors (Lipinski definition) is 6. The molecule has 4 heterocycles. The SMILES string of the molecule is CCCC(C)N1CC=C[C@]23S[C@H]4/C=C\CCCCOC(=O)[C@H]4[C@H]2C(=O)N([C@H](C)CO)C3C1=O. The molecule has 2 amide bonds. The molecule has 2 saturated heterocycles. The number of allylic oxidation sites excluding steroid dienone is 1. The fraction of sp³-hybridized carbons (Fsp3) is 0.720. The number of rotatable bonds is 5. The van der Waals surface area contributed by atoms with Crippen LogP contribution in [0.25, 0.3) is 0 Å². The van der Waals surface area contributed by atoms with Gasteiger partial charge in [0.2, 0.25) is 11.8 Å². The molecule has 33 heavy (non-hydrogen) atoms. The smallest absolute Gasteiger partial charge is 0.311 e. The summed E-state index contributed by atoms with van der Waals surface area (Å²) in [5, 5.41) is 9.74. The van der Waals surface area contributed by atoms with Crippen LogP contribution >= 0.6 is 11.8 Å². The number of esters is 1. The molecule has 1 N–H and O–H groups in total. The third kappa shape index (κ3) is 4.03. The predicted octanol–water partition coefficient (Wildman–Crippen LogP) is 2.53. The zero-order valence-electron chi connectivity index (χ0n) is 19.8. The van der Waals surface area contributed by atoms with Crippen molar-refractivity contribution in [1.82, 2.24) is 9.80 Å². The highest BCUT2D eigenvalue weighted by Gasteiger charge is 2.71. The fourth-order valence-corrected chi connectivity index (χ4v) is 7.89. The highest BCUT2D eigenvalue weighted by atomic mass is 32.2. The molecule has 4 aliphatic rings. The van der Waals surface area contributed by atoms with Crippen LogP contribution in [0.4, 0.5) is 0 Å². The first-order valence-corrected chi connectivity index (χ1v) is 13.2. The summed E-state index contributed by atoms with van der Waals surface area (Å²) < 4.78 is 4.75. The van der Waals surface area contributed by atoms with Gasteiger partial charge >= 0.3 is 5.97 Å². The van der Waals surface area contributed by atoms with E-state index in [9.17, 15) is 19.5 Å². The second-order valence-electron chi connectivity index (χ2n) is 9.74. The van der Waals surface area contributed by atoms with E-state index >= 15 is 0 Å². The van der Waals surface area contributed by atoms with E-state index in [0.717, 1.165) is 32.1 Å². The molecule has 0 aliphatic carbocycles. The van der Waals surface area contributed by atoms with Crippen LogP contribution in [0.3, 0.4) is 0 Å². The molecule has 0 radical (unpaired) electrons. The van der Waals surface area contributed by atoms with Crippen LogP contribution in [-0.4, -0.2) is 80.6 Å². The van der Waals surface area contributed by atoms with Gasteiger partial charge in [-0.1, -0.05) is 37.6 Å². The van der Waals surface area contributed by atoms with Gasteiger partial charge in [-0.2, -0.15) is 0 Å². The van der Waals surface area contributed by atoms with Crippen molar-refractivity contribution in [3.8, 4) is 0 Å². The maximum Gasteiger partial charge on any atom is 0.311 e. The average Bonchev–Trinajstić information content (AvgIpc) is 3.18. The Hall–Kier alpha value is -1.80. The zero-order chi connectivity index (χ0) is 23.8. The number of aliphatic hydroxyl groups is 1. The molecule has 0 aromatic carbocycles. The van der Waals surface area contributed by atoms with Gasteiger partial charge in [-0.25, -0.2) is 0 Å². The summed E-state index contributed by atoms with van der Waals surface area (Å²) in [5.74, 6) is -2.01. The number of cyclic esters (lactones) is 1. The molecule has 0 aromatic heterocycles. The fourth-order valence-electron chi connectivity index (χ4n) is 5.91. The van der Waals surface area contributed by atoms with Crippen LogP contribution in [0.2, 0.25) is 0 Å². The maximum absolute atomic E-state index is 14.1. The van der Waals surface area contributed by atoms with E-state index in [-0.39, 0.29) is 35.7 Å². The van der Waals surface area contributed by atoms with Gasteiger partial charge in [-0.3, -0.25) is 14.4 Å². The van der Waals surface area contributed by atoms with Crippen LogP contribution in [0, 0.1) is 11.8 Å². The summed E-state index contributed by atoms with van der Waals surface area (Å²) in [5.41, 5.74) is 0. The molecule has 4 rings (SSSR count). The van der Waals surface area contributed by atoms with E-state index in [1.165, 1.54) is 0 Å². The lowest BCUT2D eigenvalue weighted by Crippen LogP contribution is -2.57. The molecule has 0 aromatic rings. The third-order valence-electron chi connectivity index (χ3n) is 7.55. The summed E-state index contributed by atoms with van der Waals surface area (Å²) in [6, 6.07) is -1.23. The van der Waals surface area contributed by atoms with Crippen LogP contribution in [0.15, 0.2) is 24.3 Å². The molecule has 8 heteroatoms. The van der Waals surface area contributed by atoms with Gasteiger partial charge in [0.1, 0.15) is 6.04 Å². The van der Waals surface area contributed by atoms with Crippen LogP contribution in [0.5, 0.6) is 0 Å². The zero-order valence-corrected chi connectivity index (χ0v) is 20.6. The van der Waals surface area contributed by atoms with E-state index in [1.807, 2.05) is 30.1 Å². The van der Waals surface area contributed by atoms with Crippen LogP contribution in [-0.2, 0) is 19.1 Å². The Morgan fingerprint density at radius 1 is 1.18 bits per heavy atom. The minimum atomic E-state index is -0.856. The number of likely N-dealkylation sites (tertiary alicyclic amines) is 1. The number of carbonyl (C=O) groups is 3. The molecule has 2 unspecified atom stereocenters. The van der Waals surface area contributed by atoms with Crippen molar-refractivity contribution in [1.29, 1.82) is 0 Å². The Bertz CT molecular complexity index is 845. The Morgan fingerprint density at radius 3 is 2.70 bits per heavy atom. The number of thioether (sulfide) groups is 1. The number of aliphatic hydroxyl groups excluding tert-OH is 1. The molecular formula is C25H36N2O5S. The number of nitrogens with zero attached hydrogens (tertiary/aromatic N) is 2. The molecule has 7 atom stereocenters. The molecule has 182 valence electrons. The Labute approximate surface area is 200 Å². The average molecular weight is 477 g/mol. The summed E-state index contributed by atoms with van der Waals surface area (Å²) in [6.07, 6.45) is 12.6.